The Labute approximate surface area is 148 Å². The van der Waals surface area contributed by atoms with Crippen molar-refractivity contribution in [2.45, 2.75) is 49.0 Å². The Morgan fingerprint density at radius 3 is 2.40 bits per heavy atom. The first-order valence-electron chi connectivity index (χ1n) is 9.49. The molecule has 2 N–H and O–H groups in total. The molecule has 2 aliphatic heterocycles. The lowest BCUT2D eigenvalue weighted by Crippen LogP contribution is -2.60. The van der Waals surface area contributed by atoms with Gasteiger partial charge in [-0.05, 0) is 30.0 Å². The number of anilines is 1. The zero-order chi connectivity index (χ0) is 16.9. The second-order valence-electron chi connectivity index (χ2n) is 7.79. The molecule has 1 aliphatic carbocycles. The van der Waals surface area contributed by atoms with Crippen molar-refractivity contribution in [3.05, 3.63) is 65.7 Å². The molecule has 2 heterocycles. The minimum Gasteiger partial charge on any atom is -0.325 e. The second-order valence-corrected chi connectivity index (χ2v) is 7.79. The Kier molecular flexibility index (Phi) is 3.29. The van der Waals surface area contributed by atoms with Crippen molar-refractivity contribution in [1.29, 1.82) is 0 Å². The van der Waals surface area contributed by atoms with E-state index < -0.39 is 5.41 Å². The summed E-state index contributed by atoms with van der Waals surface area (Å²) in [5.41, 5.74) is 2.85. The number of amides is 1. The topological polar surface area (TPSA) is 41.1 Å². The van der Waals surface area contributed by atoms with E-state index in [1.165, 1.54) is 30.4 Å². The van der Waals surface area contributed by atoms with Crippen LogP contribution in [0.15, 0.2) is 54.6 Å². The van der Waals surface area contributed by atoms with Gasteiger partial charge in [-0.2, -0.15) is 0 Å². The van der Waals surface area contributed by atoms with Crippen LogP contribution in [0.5, 0.6) is 0 Å². The molecular weight excluding hydrogens is 308 g/mol. The minimum atomic E-state index is -0.495. The summed E-state index contributed by atoms with van der Waals surface area (Å²) in [6, 6.07) is 18.9. The molecule has 1 saturated carbocycles. The number of rotatable bonds is 1. The van der Waals surface area contributed by atoms with E-state index in [2.05, 4.69) is 59.2 Å². The third kappa shape index (κ3) is 1.87. The molecular formula is C22H24N2O. The summed E-state index contributed by atoms with van der Waals surface area (Å²) in [5.74, 6) is 0.366. The van der Waals surface area contributed by atoms with Gasteiger partial charge in [-0.25, -0.2) is 0 Å². The highest BCUT2D eigenvalue weighted by molar-refractivity contribution is 6.08. The van der Waals surface area contributed by atoms with Gasteiger partial charge in [-0.15, -0.1) is 0 Å². The average molecular weight is 332 g/mol. The molecule has 0 radical (unpaired) electrons. The number of carbonyl (C=O) groups excluding carboxylic acids is 1. The van der Waals surface area contributed by atoms with E-state index >= 15 is 0 Å². The first kappa shape index (κ1) is 15.2. The zero-order valence-corrected chi connectivity index (χ0v) is 14.4. The van der Waals surface area contributed by atoms with E-state index in [-0.39, 0.29) is 17.4 Å². The van der Waals surface area contributed by atoms with Crippen LogP contribution in [0.25, 0.3) is 0 Å². The fraction of sp³-hybridized carbons (Fsp3) is 0.409. The first-order chi connectivity index (χ1) is 12.3. The lowest BCUT2D eigenvalue weighted by atomic mass is 9.56. The van der Waals surface area contributed by atoms with Crippen molar-refractivity contribution in [2.24, 2.45) is 0 Å². The molecule has 2 atom stereocenters. The molecule has 2 aromatic carbocycles. The van der Waals surface area contributed by atoms with Crippen molar-refractivity contribution >= 4 is 11.6 Å². The number of hydrogen-bond acceptors (Lipinski definition) is 2. The Morgan fingerprint density at radius 1 is 0.880 bits per heavy atom. The molecule has 2 fully saturated rings. The van der Waals surface area contributed by atoms with E-state index in [0.29, 0.717) is 0 Å². The predicted molar refractivity (Wildman–Crippen MR) is 99.8 cm³/mol. The molecule has 1 unspecified atom stereocenters. The van der Waals surface area contributed by atoms with Gasteiger partial charge >= 0.3 is 0 Å². The van der Waals surface area contributed by atoms with E-state index in [4.69, 9.17) is 0 Å². The van der Waals surface area contributed by atoms with Gasteiger partial charge in [0, 0.05) is 23.7 Å². The first-order valence-corrected chi connectivity index (χ1v) is 9.49. The Balaban J connectivity index is 1.76. The van der Waals surface area contributed by atoms with Gasteiger partial charge in [-0.3, -0.25) is 4.79 Å². The fourth-order valence-electron chi connectivity index (χ4n) is 5.80. The largest absolute Gasteiger partial charge is 0.325 e. The monoisotopic (exact) mass is 332 g/mol. The van der Waals surface area contributed by atoms with Crippen LogP contribution in [0.2, 0.25) is 0 Å². The SMILES string of the molecule is O=C1Nc2ccccc2[C@@]12C(c1ccccc1)CNC21CCCCC1. The number of para-hydroxylation sites is 1. The summed E-state index contributed by atoms with van der Waals surface area (Å²) < 4.78 is 0. The Hall–Kier alpha value is -2.13. The maximum atomic E-state index is 13.6. The molecule has 1 saturated heterocycles. The van der Waals surface area contributed by atoms with Gasteiger partial charge in [0.25, 0.3) is 0 Å². The van der Waals surface area contributed by atoms with Crippen molar-refractivity contribution in [1.82, 2.24) is 5.32 Å². The average Bonchev–Trinajstić information content (AvgIpc) is 3.14. The standard InChI is InChI=1S/C22H24N2O/c25-20-22(17-11-5-6-12-19(17)24-20)18(16-9-3-1-4-10-16)15-23-21(22)13-7-2-8-14-21/h1,3-6,9-12,18,23H,2,7-8,13-15H2,(H,24,25)/t18?,22-/m1/s1. The van der Waals surface area contributed by atoms with Crippen LogP contribution in [-0.2, 0) is 10.2 Å². The van der Waals surface area contributed by atoms with Gasteiger partial charge in [0.05, 0.1) is 0 Å². The smallest absolute Gasteiger partial charge is 0.237 e. The highest BCUT2D eigenvalue weighted by Gasteiger charge is 2.67. The van der Waals surface area contributed by atoms with Gasteiger partial charge in [0.1, 0.15) is 5.41 Å². The number of hydrogen-bond donors (Lipinski definition) is 2. The summed E-state index contributed by atoms with van der Waals surface area (Å²) in [5, 5.41) is 7.09. The van der Waals surface area contributed by atoms with Crippen molar-refractivity contribution in [3.63, 3.8) is 0 Å². The Bertz CT molecular complexity index is 810. The maximum absolute atomic E-state index is 13.6. The number of fused-ring (bicyclic) bond motifs is 3. The van der Waals surface area contributed by atoms with Crippen LogP contribution in [0.3, 0.4) is 0 Å². The molecule has 128 valence electrons. The van der Waals surface area contributed by atoms with Gasteiger partial charge < -0.3 is 10.6 Å². The number of nitrogens with one attached hydrogen (secondary N) is 2. The second kappa shape index (κ2) is 5.43. The van der Waals surface area contributed by atoms with Crippen LogP contribution in [0.4, 0.5) is 5.69 Å². The molecule has 5 rings (SSSR count). The molecule has 3 heteroatoms. The Morgan fingerprint density at radius 2 is 1.60 bits per heavy atom. The summed E-state index contributed by atoms with van der Waals surface area (Å²) in [4.78, 5) is 13.6. The van der Waals surface area contributed by atoms with E-state index in [1.54, 1.807) is 0 Å². The molecule has 0 aromatic heterocycles. The molecule has 2 aromatic rings. The third-order valence-corrected chi connectivity index (χ3v) is 6.79. The van der Waals surface area contributed by atoms with Crippen LogP contribution in [-0.4, -0.2) is 18.0 Å². The normalized spacial score (nSPS) is 29.8. The fourth-order valence-corrected chi connectivity index (χ4v) is 5.80. The predicted octanol–water partition coefficient (Wildman–Crippen LogP) is 3.97. The van der Waals surface area contributed by atoms with Gasteiger partial charge in [0.2, 0.25) is 5.91 Å². The van der Waals surface area contributed by atoms with Crippen LogP contribution in [0, 0.1) is 0 Å². The van der Waals surface area contributed by atoms with Gasteiger partial charge in [0.15, 0.2) is 0 Å². The molecule has 1 amide bonds. The molecule has 0 bridgehead atoms. The number of carbonyl (C=O) groups is 1. The lowest BCUT2D eigenvalue weighted by Gasteiger charge is -2.47. The van der Waals surface area contributed by atoms with Crippen LogP contribution in [0.1, 0.15) is 49.1 Å². The third-order valence-electron chi connectivity index (χ3n) is 6.79. The highest BCUT2D eigenvalue weighted by atomic mass is 16.2. The summed E-state index contributed by atoms with van der Waals surface area (Å²) in [6.07, 6.45) is 5.84. The minimum absolute atomic E-state index is 0.123. The maximum Gasteiger partial charge on any atom is 0.237 e. The van der Waals surface area contributed by atoms with E-state index in [9.17, 15) is 4.79 Å². The lowest BCUT2D eigenvalue weighted by molar-refractivity contribution is -0.124. The molecule has 25 heavy (non-hydrogen) atoms. The summed E-state index contributed by atoms with van der Waals surface area (Å²) >= 11 is 0. The molecule has 3 aliphatic rings. The van der Waals surface area contributed by atoms with Gasteiger partial charge in [-0.1, -0.05) is 67.8 Å². The molecule has 3 nitrogen and oxygen atoms in total. The summed E-state index contributed by atoms with van der Waals surface area (Å²) in [6.45, 7) is 0.867. The van der Waals surface area contributed by atoms with Crippen molar-refractivity contribution < 1.29 is 4.79 Å². The van der Waals surface area contributed by atoms with Crippen LogP contribution >= 0.6 is 0 Å². The van der Waals surface area contributed by atoms with E-state index in [1.807, 2.05) is 6.07 Å². The molecule has 2 spiro atoms. The number of benzene rings is 2. The highest BCUT2D eigenvalue weighted by Crippen LogP contribution is 2.60. The zero-order valence-electron chi connectivity index (χ0n) is 14.4. The van der Waals surface area contributed by atoms with E-state index in [0.717, 1.165) is 25.1 Å². The van der Waals surface area contributed by atoms with Crippen molar-refractivity contribution in [3.8, 4) is 0 Å². The van der Waals surface area contributed by atoms with Crippen LogP contribution < -0.4 is 10.6 Å². The quantitative estimate of drug-likeness (QED) is 0.830. The van der Waals surface area contributed by atoms with Crippen molar-refractivity contribution in [2.75, 3.05) is 11.9 Å². The summed E-state index contributed by atoms with van der Waals surface area (Å²) in [7, 11) is 0.